The van der Waals surface area contributed by atoms with Crippen molar-refractivity contribution in [2.75, 3.05) is 18.0 Å². The predicted molar refractivity (Wildman–Crippen MR) is 122 cm³/mol. The average Bonchev–Trinajstić information content (AvgIpc) is 2.94. The Kier molecular flexibility index (Phi) is 6.57. The van der Waals surface area contributed by atoms with Gasteiger partial charge in [-0.25, -0.2) is 9.78 Å². The summed E-state index contributed by atoms with van der Waals surface area (Å²) in [6.45, 7) is 8.21. The molecular weight excluding hydrogens is 395 g/mol. The largest absolute Gasteiger partial charge is 0.492 e. The van der Waals surface area contributed by atoms with Crippen LogP contribution in [0.4, 0.5) is 16.3 Å². The molecule has 2 aromatic rings. The van der Waals surface area contributed by atoms with E-state index in [0.717, 1.165) is 11.1 Å². The number of rotatable bonds is 6. The number of nitrogen functional groups attached to an aromatic ring is 2. The molecule has 1 aromatic heterocycles. The van der Waals surface area contributed by atoms with Crippen molar-refractivity contribution in [1.29, 1.82) is 0 Å². The summed E-state index contributed by atoms with van der Waals surface area (Å²) in [5, 5.41) is 2.77. The van der Waals surface area contributed by atoms with Crippen LogP contribution in [0.1, 0.15) is 38.8 Å². The Bertz CT molecular complexity index is 947. The molecule has 1 fully saturated rings. The number of carbonyl (C=O) groups is 1. The van der Waals surface area contributed by atoms with Gasteiger partial charge in [-0.1, -0.05) is 36.4 Å². The van der Waals surface area contributed by atoms with Crippen molar-refractivity contribution < 1.29 is 18.8 Å². The second-order valence-corrected chi connectivity index (χ2v) is 8.47. The van der Waals surface area contributed by atoms with Crippen LogP contribution in [-0.2, 0) is 20.7 Å². The SMILES string of the molecule is CC1(C)OB(C(=Cc2cnc(N)c(N)c2)CNC(=O)OCc2ccccc2)OC1(C)C. The first kappa shape index (κ1) is 22.6. The Morgan fingerprint density at radius 3 is 2.42 bits per heavy atom. The number of amides is 1. The number of nitrogens with two attached hydrogens (primary N) is 2. The monoisotopic (exact) mass is 424 g/mol. The van der Waals surface area contributed by atoms with Gasteiger partial charge in [0.15, 0.2) is 0 Å². The number of hydrogen-bond donors (Lipinski definition) is 3. The van der Waals surface area contributed by atoms with E-state index in [1.54, 1.807) is 12.3 Å². The quantitative estimate of drug-likeness (QED) is 0.609. The second-order valence-electron chi connectivity index (χ2n) is 8.47. The number of benzene rings is 1. The van der Waals surface area contributed by atoms with E-state index >= 15 is 0 Å². The molecule has 5 N–H and O–H groups in total. The van der Waals surface area contributed by atoms with Gasteiger partial charge in [0, 0.05) is 12.7 Å². The molecule has 0 aliphatic carbocycles. The van der Waals surface area contributed by atoms with Gasteiger partial charge in [0.05, 0.1) is 16.9 Å². The van der Waals surface area contributed by atoms with Crippen LogP contribution < -0.4 is 16.8 Å². The molecule has 1 amide bonds. The fourth-order valence-corrected chi connectivity index (χ4v) is 2.95. The minimum absolute atomic E-state index is 0.161. The maximum absolute atomic E-state index is 12.3. The van der Waals surface area contributed by atoms with E-state index in [1.165, 1.54) is 0 Å². The fourth-order valence-electron chi connectivity index (χ4n) is 2.95. The van der Waals surface area contributed by atoms with Crippen LogP contribution in [0.2, 0.25) is 0 Å². The van der Waals surface area contributed by atoms with E-state index < -0.39 is 24.4 Å². The molecule has 8 nitrogen and oxygen atoms in total. The molecule has 0 atom stereocenters. The molecule has 1 aliphatic rings. The number of aromatic nitrogens is 1. The number of pyridine rings is 1. The van der Waals surface area contributed by atoms with Crippen LogP contribution in [-0.4, -0.2) is 35.9 Å². The van der Waals surface area contributed by atoms with Gasteiger partial charge in [-0.15, -0.1) is 0 Å². The number of anilines is 2. The average molecular weight is 424 g/mol. The molecule has 0 spiro atoms. The van der Waals surface area contributed by atoms with Gasteiger partial charge in [0.2, 0.25) is 0 Å². The van der Waals surface area contributed by atoms with E-state index in [9.17, 15) is 4.79 Å². The zero-order chi connectivity index (χ0) is 22.6. The first-order valence-corrected chi connectivity index (χ1v) is 10.1. The van der Waals surface area contributed by atoms with E-state index in [2.05, 4.69) is 10.3 Å². The third-order valence-electron chi connectivity index (χ3n) is 5.53. The second kappa shape index (κ2) is 8.99. The Morgan fingerprint density at radius 2 is 1.81 bits per heavy atom. The maximum atomic E-state index is 12.3. The topological polar surface area (TPSA) is 122 Å². The lowest BCUT2D eigenvalue weighted by molar-refractivity contribution is 0.00578. The highest BCUT2D eigenvalue weighted by Crippen LogP contribution is 2.38. The summed E-state index contributed by atoms with van der Waals surface area (Å²) in [4.78, 5) is 16.3. The highest BCUT2D eigenvalue weighted by Gasteiger charge is 2.52. The molecular formula is C22H29BN4O4. The molecule has 0 unspecified atom stereocenters. The lowest BCUT2D eigenvalue weighted by atomic mass is 9.77. The lowest BCUT2D eigenvalue weighted by Gasteiger charge is -2.32. The van der Waals surface area contributed by atoms with Gasteiger partial charge >= 0.3 is 13.2 Å². The zero-order valence-electron chi connectivity index (χ0n) is 18.3. The van der Waals surface area contributed by atoms with Gasteiger partial charge in [-0.3, -0.25) is 0 Å². The van der Waals surface area contributed by atoms with Gasteiger partial charge in [0.25, 0.3) is 0 Å². The highest BCUT2D eigenvalue weighted by atomic mass is 16.7. The van der Waals surface area contributed by atoms with Crippen LogP contribution in [0.3, 0.4) is 0 Å². The van der Waals surface area contributed by atoms with Gasteiger partial charge < -0.3 is 30.8 Å². The molecule has 0 bridgehead atoms. The molecule has 0 radical (unpaired) electrons. The zero-order valence-corrected chi connectivity index (χ0v) is 18.3. The number of nitrogens with zero attached hydrogens (tertiary/aromatic N) is 1. The van der Waals surface area contributed by atoms with Crippen LogP contribution in [0.25, 0.3) is 6.08 Å². The molecule has 164 valence electrons. The smallest absolute Gasteiger partial charge is 0.445 e. The van der Waals surface area contributed by atoms with Crippen LogP contribution in [0, 0.1) is 0 Å². The molecule has 0 saturated carbocycles. The Balaban J connectivity index is 1.73. The Labute approximate surface area is 183 Å². The van der Waals surface area contributed by atoms with Crippen molar-refractivity contribution >= 4 is 30.8 Å². The number of alkyl carbamates (subject to hydrolysis) is 1. The van der Waals surface area contributed by atoms with E-state index in [0.29, 0.717) is 11.2 Å². The Hall–Kier alpha value is -3.04. The molecule has 2 heterocycles. The molecule has 1 aliphatic heterocycles. The first-order chi connectivity index (χ1) is 14.6. The van der Waals surface area contributed by atoms with Gasteiger partial charge in [-0.05, 0) is 50.4 Å². The van der Waals surface area contributed by atoms with Gasteiger partial charge in [0.1, 0.15) is 12.4 Å². The number of ether oxygens (including phenoxy) is 1. The van der Waals surface area contributed by atoms with E-state index in [4.69, 9.17) is 25.5 Å². The van der Waals surface area contributed by atoms with Crippen molar-refractivity contribution in [3.05, 3.63) is 59.2 Å². The van der Waals surface area contributed by atoms with Crippen LogP contribution in [0.5, 0.6) is 0 Å². The van der Waals surface area contributed by atoms with Gasteiger partial charge in [-0.2, -0.15) is 0 Å². The number of nitrogens with one attached hydrogen (secondary N) is 1. The standard InChI is InChI=1S/C22H29BN4O4/c1-21(2)22(3,4)31-23(30-21)17(10-16-11-18(24)19(25)26-12-16)13-27-20(28)29-14-15-8-6-5-7-9-15/h5-12H,13-14,24H2,1-4H3,(H2,25,26)(H,27,28). The fraction of sp³-hybridized carbons (Fsp3) is 0.364. The van der Waals surface area contributed by atoms with Crippen molar-refractivity contribution in [2.45, 2.75) is 45.5 Å². The summed E-state index contributed by atoms with van der Waals surface area (Å²) in [5.41, 5.74) is 13.2. The summed E-state index contributed by atoms with van der Waals surface area (Å²) in [5.74, 6) is 0.261. The highest BCUT2D eigenvalue weighted by molar-refractivity contribution is 6.56. The molecule has 3 rings (SSSR count). The summed E-state index contributed by atoms with van der Waals surface area (Å²) in [7, 11) is -0.654. The predicted octanol–water partition coefficient (Wildman–Crippen LogP) is 3.19. The van der Waals surface area contributed by atoms with Crippen LogP contribution >= 0.6 is 0 Å². The molecule has 9 heteroatoms. The lowest BCUT2D eigenvalue weighted by Crippen LogP contribution is -2.41. The van der Waals surface area contributed by atoms with Crippen molar-refractivity contribution in [2.24, 2.45) is 0 Å². The van der Waals surface area contributed by atoms with Crippen LogP contribution in [0.15, 0.2) is 48.1 Å². The molecule has 1 aromatic carbocycles. The van der Waals surface area contributed by atoms with Crippen molar-refractivity contribution in [3.63, 3.8) is 0 Å². The van der Waals surface area contributed by atoms with Crippen molar-refractivity contribution in [3.8, 4) is 0 Å². The third kappa shape index (κ3) is 5.56. The third-order valence-corrected chi connectivity index (χ3v) is 5.53. The van der Waals surface area contributed by atoms with E-state index in [-0.39, 0.29) is 19.0 Å². The minimum atomic E-state index is -0.654. The molecule has 31 heavy (non-hydrogen) atoms. The first-order valence-electron chi connectivity index (χ1n) is 10.1. The minimum Gasteiger partial charge on any atom is -0.445 e. The normalized spacial score (nSPS) is 17.4. The summed E-state index contributed by atoms with van der Waals surface area (Å²) < 4.78 is 17.6. The van der Waals surface area contributed by atoms with E-state index in [1.807, 2.05) is 64.1 Å². The number of carbonyl (C=O) groups excluding carboxylic acids is 1. The summed E-state index contributed by atoms with van der Waals surface area (Å²) in [6.07, 6.45) is 2.88. The van der Waals surface area contributed by atoms with Crippen molar-refractivity contribution in [1.82, 2.24) is 10.3 Å². The number of hydrogen-bond acceptors (Lipinski definition) is 7. The summed E-state index contributed by atoms with van der Waals surface area (Å²) >= 11 is 0. The summed E-state index contributed by atoms with van der Waals surface area (Å²) in [6, 6.07) is 11.2. The molecule has 1 saturated heterocycles. The Morgan fingerprint density at radius 1 is 1.16 bits per heavy atom. The maximum Gasteiger partial charge on any atom is 0.492 e.